The Morgan fingerprint density at radius 1 is 1.40 bits per heavy atom. The molecule has 1 aromatic rings. The molecule has 0 saturated heterocycles. The highest BCUT2D eigenvalue weighted by Crippen LogP contribution is 2.41. The van der Waals surface area contributed by atoms with Gasteiger partial charge < -0.3 is 4.72 Å². The van der Waals surface area contributed by atoms with E-state index in [0.29, 0.717) is 6.42 Å². The van der Waals surface area contributed by atoms with E-state index in [4.69, 9.17) is 0 Å². The molecule has 5 heteroatoms. The van der Waals surface area contributed by atoms with Gasteiger partial charge in [-0.2, -0.15) is 0 Å². The summed E-state index contributed by atoms with van der Waals surface area (Å²) in [6.07, 6.45) is 8.78. The topological polar surface area (TPSA) is 54.9 Å². The van der Waals surface area contributed by atoms with Crippen LogP contribution in [0.3, 0.4) is 0 Å². The van der Waals surface area contributed by atoms with Crippen LogP contribution in [0.4, 0.5) is 0 Å². The second-order valence-electron chi connectivity index (χ2n) is 3.63. The maximum Gasteiger partial charge on any atom is 0.228 e. The number of amides is 1. The lowest BCUT2D eigenvalue weighted by Crippen LogP contribution is -2.27. The molecule has 0 aliphatic heterocycles. The van der Waals surface area contributed by atoms with Gasteiger partial charge in [0.25, 0.3) is 0 Å². The largest absolute Gasteiger partial charge is 0.312 e. The minimum Gasteiger partial charge on any atom is -0.312 e. The van der Waals surface area contributed by atoms with Gasteiger partial charge >= 0.3 is 0 Å². The Morgan fingerprint density at radius 2 is 2.00 bits per heavy atom. The van der Waals surface area contributed by atoms with Crippen LogP contribution in [0, 0.1) is 0 Å². The molecule has 84 valence electrons. The fourth-order valence-electron chi connectivity index (χ4n) is 1.16. The van der Waals surface area contributed by atoms with Crippen LogP contribution >= 0.6 is 10.2 Å². The molecule has 0 unspecified atom stereocenters. The van der Waals surface area contributed by atoms with Crippen molar-refractivity contribution in [3.05, 3.63) is 18.5 Å². The minimum absolute atomic E-state index is 0.0740. The Morgan fingerprint density at radius 3 is 2.53 bits per heavy atom. The molecular formula is C10H17N3OS. The van der Waals surface area contributed by atoms with Crippen LogP contribution in [0.5, 0.6) is 0 Å². The van der Waals surface area contributed by atoms with Gasteiger partial charge in [-0.3, -0.25) is 4.79 Å². The summed E-state index contributed by atoms with van der Waals surface area (Å²) < 4.78 is 2.99. The fourth-order valence-corrected chi connectivity index (χ4v) is 2.57. The molecule has 0 aliphatic rings. The normalized spacial score (nSPS) is 12.2. The highest BCUT2D eigenvalue weighted by Gasteiger charge is 2.19. The summed E-state index contributed by atoms with van der Waals surface area (Å²) in [5.41, 5.74) is 0. The highest BCUT2D eigenvalue weighted by atomic mass is 32.3. The van der Waals surface area contributed by atoms with Crippen molar-refractivity contribution >= 4 is 16.1 Å². The van der Waals surface area contributed by atoms with Crippen LogP contribution in [0.25, 0.3) is 0 Å². The third-order valence-corrected chi connectivity index (χ3v) is 3.71. The molecule has 0 radical (unpaired) electrons. The second-order valence-corrected chi connectivity index (χ2v) is 6.86. The summed E-state index contributed by atoms with van der Waals surface area (Å²) in [6, 6.07) is 1.77. The molecule has 1 heterocycles. The van der Waals surface area contributed by atoms with Gasteiger partial charge in [-0.15, -0.1) is 10.2 Å². The first-order chi connectivity index (χ1) is 7.06. The Balaban J connectivity index is 2.71. The maximum atomic E-state index is 11.5. The first kappa shape index (κ1) is 12.0. The number of carbonyl (C=O) groups is 1. The zero-order valence-electron chi connectivity index (χ0n) is 9.36. The minimum atomic E-state index is -1.40. The van der Waals surface area contributed by atoms with E-state index in [1.807, 2.05) is 19.4 Å². The van der Waals surface area contributed by atoms with Gasteiger partial charge in [0.1, 0.15) is 0 Å². The quantitative estimate of drug-likeness (QED) is 0.797. The lowest BCUT2D eigenvalue weighted by molar-refractivity contribution is -0.119. The van der Waals surface area contributed by atoms with Crippen molar-refractivity contribution < 1.29 is 4.79 Å². The van der Waals surface area contributed by atoms with E-state index in [2.05, 4.69) is 14.7 Å². The van der Waals surface area contributed by atoms with Gasteiger partial charge in [0.05, 0.1) is 0 Å². The average Bonchev–Trinajstić information content (AvgIpc) is 2.18. The average molecular weight is 227 g/mol. The van der Waals surface area contributed by atoms with Crippen molar-refractivity contribution in [2.75, 3.05) is 12.5 Å². The Kier molecular flexibility index (Phi) is 4.08. The molecule has 1 N–H and O–H groups in total. The molecule has 15 heavy (non-hydrogen) atoms. The zero-order chi connectivity index (χ0) is 11.3. The second kappa shape index (κ2) is 5.11. The van der Waals surface area contributed by atoms with Crippen molar-refractivity contribution in [2.24, 2.45) is 0 Å². The molecule has 1 rings (SSSR count). The molecule has 0 aliphatic carbocycles. The Hall–Kier alpha value is -1.10. The van der Waals surface area contributed by atoms with Crippen molar-refractivity contribution in [3.8, 4) is 0 Å². The molecule has 0 aromatic carbocycles. The fraction of sp³-hybridized carbons (Fsp3) is 0.500. The lowest BCUT2D eigenvalue weighted by atomic mass is 10.3. The number of nitrogens with zero attached hydrogens (tertiary/aromatic N) is 2. The van der Waals surface area contributed by atoms with Crippen molar-refractivity contribution in [3.63, 3.8) is 0 Å². The first-order valence-electron chi connectivity index (χ1n) is 4.87. The molecule has 0 fully saturated rings. The van der Waals surface area contributed by atoms with Gasteiger partial charge in [0.2, 0.25) is 5.91 Å². The van der Waals surface area contributed by atoms with Gasteiger partial charge in [-0.05, 0) is 25.0 Å². The molecular weight excluding hydrogens is 210 g/mol. The third kappa shape index (κ3) is 3.51. The summed E-state index contributed by atoms with van der Waals surface area (Å²) in [5.74, 6) is 0.0740. The van der Waals surface area contributed by atoms with E-state index in [1.54, 1.807) is 18.5 Å². The van der Waals surface area contributed by atoms with E-state index in [1.165, 1.54) is 0 Å². The molecule has 0 spiro atoms. The van der Waals surface area contributed by atoms with Gasteiger partial charge in [0, 0.05) is 18.8 Å². The van der Waals surface area contributed by atoms with Crippen LogP contribution in [-0.4, -0.2) is 28.4 Å². The Bertz CT molecular complexity index is 327. The van der Waals surface area contributed by atoms with Gasteiger partial charge in [-0.25, -0.2) is 9.97 Å². The van der Waals surface area contributed by atoms with E-state index in [0.717, 1.165) is 11.6 Å². The van der Waals surface area contributed by atoms with Crippen LogP contribution < -0.4 is 4.72 Å². The van der Waals surface area contributed by atoms with E-state index in [9.17, 15) is 4.79 Å². The van der Waals surface area contributed by atoms with Gasteiger partial charge in [0.15, 0.2) is 5.16 Å². The molecule has 4 nitrogen and oxygen atoms in total. The smallest absolute Gasteiger partial charge is 0.228 e. The van der Waals surface area contributed by atoms with E-state index < -0.39 is 10.2 Å². The van der Waals surface area contributed by atoms with Crippen molar-refractivity contribution in [2.45, 2.75) is 24.9 Å². The van der Waals surface area contributed by atoms with Crippen LogP contribution in [0.1, 0.15) is 19.8 Å². The van der Waals surface area contributed by atoms with Crippen molar-refractivity contribution in [1.29, 1.82) is 0 Å². The summed E-state index contributed by atoms with van der Waals surface area (Å²) in [4.78, 5) is 19.8. The molecule has 0 bridgehead atoms. The summed E-state index contributed by atoms with van der Waals surface area (Å²) >= 11 is 0. The van der Waals surface area contributed by atoms with Crippen LogP contribution in [0.15, 0.2) is 23.6 Å². The van der Waals surface area contributed by atoms with Crippen molar-refractivity contribution in [1.82, 2.24) is 14.7 Å². The van der Waals surface area contributed by atoms with Crippen LogP contribution in [0.2, 0.25) is 0 Å². The third-order valence-electron chi connectivity index (χ3n) is 1.84. The van der Waals surface area contributed by atoms with Gasteiger partial charge in [-0.1, -0.05) is 6.92 Å². The predicted octanol–water partition coefficient (Wildman–Crippen LogP) is 1.73. The number of carbonyl (C=O) groups excluding carboxylic acids is 1. The molecule has 1 aromatic heterocycles. The summed E-state index contributed by atoms with van der Waals surface area (Å²) in [6.45, 7) is 1.99. The standard InChI is InChI=1S/C10H17N3OS/c1-4-6-9(14)13-15(2,3)10-11-7-5-8-12-10/h5,7-8H,4,6H2,1-3H3,(H,13,14). The monoisotopic (exact) mass is 227 g/mol. The maximum absolute atomic E-state index is 11.5. The Labute approximate surface area is 92.0 Å². The van der Waals surface area contributed by atoms with E-state index >= 15 is 0 Å². The zero-order valence-corrected chi connectivity index (χ0v) is 10.2. The predicted molar refractivity (Wildman–Crippen MR) is 62.8 cm³/mol. The first-order valence-corrected chi connectivity index (χ1v) is 7.32. The number of rotatable bonds is 4. The molecule has 0 saturated carbocycles. The number of hydrogen-bond donors (Lipinski definition) is 1. The van der Waals surface area contributed by atoms with Crippen LogP contribution in [-0.2, 0) is 4.79 Å². The lowest BCUT2D eigenvalue weighted by Gasteiger charge is -2.29. The molecule has 0 atom stereocenters. The number of aromatic nitrogens is 2. The van der Waals surface area contributed by atoms with E-state index in [-0.39, 0.29) is 5.91 Å². The SMILES string of the molecule is CCCC(=O)NS(C)(C)c1ncccn1. The summed E-state index contributed by atoms with van der Waals surface area (Å²) in [5, 5.41) is 0.717. The summed E-state index contributed by atoms with van der Waals surface area (Å²) in [7, 11) is -1.40. The molecule has 1 amide bonds. The number of nitrogens with one attached hydrogen (secondary N) is 1. The highest BCUT2D eigenvalue weighted by molar-refractivity contribution is 8.31. The number of hydrogen-bond acceptors (Lipinski definition) is 3.